The van der Waals surface area contributed by atoms with Crippen LogP contribution >= 0.6 is 0 Å². The van der Waals surface area contributed by atoms with Crippen LogP contribution in [0.1, 0.15) is 29.0 Å². The highest BCUT2D eigenvalue weighted by molar-refractivity contribution is 6.04. The third kappa shape index (κ3) is 5.38. The molecule has 1 aromatic heterocycles. The van der Waals surface area contributed by atoms with Gasteiger partial charge in [-0.05, 0) is 43.2 Å². The molecule has 0 N–H and O–H groups in total. The number of methoxy groups -OCH3 is 4. The van der Waals surface area contributed by atoms with Crippen LogP contribution in [0.15, 0.2) is 59.2 Å². The number of nitrogens with zero attached hydrogens (tertiary/aromatic N) is 2. The van der Waals surface area contributed by atoms with Crippen LogP contribution < -0.4 is 23.8 Å². The minimum atomic E-state index is -0.169. The lowest BCUT2D eigenvalue weighted by atomic mass is 10.0. The Hall–Kier alpha value is -3.65. The van der Waals surface area contributed by atoms with E-state index in [-0.39, 0.29) is 11.9 Å². The summed E-state index contributed by atoms with van der Waals surface area (Å²) in [5.74, 6) is 2.91. The molecule has 1 saturated heterocycles. The zero-order valence-corrected chi connectivity index (χ0v) is 20.7. The number of benzene rings is 2. The molecular weight excluding hydrogens is 448 g/mol. The van der Waals surface area contributed by atoms with Gasteiger partial charge in [-0.3, -0.25) is 9.69 Å². The Morgan fingerprint density at radius 3 is 2.29 bits per heavy atom. The monoisotopic (exact) mass is 480 g/mol. The average molecular weight is 481 g/mol. The molecule has 35 heavy (non-hydrogen) atoms. The van der Waals surface area contributed by atoms with Crippen LogP contribution in [0.25, 0.3) is 0 Å². The number of carbonyl (C=O) groups excluding carboxylic acids is 1. The Morgan fingerprint density at radius 1 is 0.914 bits per heavy atom. The van der Waals surface area contributed by atoms with Gasteiger partial charge in [-0.15, -0.1) is 0 Å². The Balaban J connectivity index is 1.53. The number of amides is 1. The maximum Gasteiger partial charge on any atom is 0.294 e. The fourth-order valence-electron chi connectivity index (χ4n) is 4.55. The summed E-state index contributed by atoms with van der Waals surface area (Å²) < 4.78 is 27.2. The minimum Gasteiger partial charge on any atom is -0.497 e. The van der Waals surface area contributed by atoms with Gasteiger partial charge in [0.1, 0.15) is 11.5 Å². The SMILES string of the molecule is COc1ccc(CN2CCC(N(C(=O)c3ccco3)c3ccc(OC)c(OC)c3)CC2)c(OC)c1. The second-order valence-electron chi connectivity index (χ2n) is 8.38. The molecule has 2 heterocycles. The highest BCUT2D eigenvalue weighted by Gasteiger charge is 2.32. The van der Waals surface area contributed by atoms with Crippen molar-refractivity contribution in [2.75, 3.05) is 46.4 Å². The summed E-state index contributed by atoms with van der Waals surface area (Å²) >= 11 is 0. The van der Waals surface area contributed by atoms with E-state index >= 15 is 0 Å². The molecule has 186 valence electrons. The summed E-state index contributed by atoms with van der Waals surface area (Å²) in [5, 5.41) is 0. The number of anilines is 1. The predicted octanol–water partition coefficient (Wildman–Crippen LogP) is 4.63. The van der Waals surface area contributed by atoms with Crippen LogP contribution in [0.4, 0.5) is 5.69 Å². The van der Waals surface area contributed by atoms with Crippen molar-refractivity contribution in [2.45, 2.75) is 25.4 Å². The van der Waals surface area contributed by atoms with Gasteiger partial charge in [0.15, 0.2) is 17.3 Å². The Labute approximate surface area is 205 Å². The summed E-state index contributed by atoms with van der Waals surface area (Å²) in [4.78, 5) is 17.7. The molecule has 1 fully saturated rings. The van der Waals surface area contributed by atoms with Crippen LogP contribution in [0.3, 0.4) is 0 Å². The lowest BCUT2D eigenvalue weighted by Gasteiger charge is -2.38. The summed E-state index contributed by atoms with van der Waals surface area (Å²) in [5.41, 5.74) is 1.86. The summed E-state index contributed by atoms with van der Waals surface area (Å²) in [6.07, 6.45) is 3.16. The third-order valence-corrected chi connectivity index (χ3v) is 6.41. The summed E-state index contributed by atoms with van der Waals surface area (Å²) in [6, 6.07) is 14.9. The van der Waals surface area contributed by atoms with E-state index in [1.807, 2.05) is 41.3 Å². The van der Waals surface area contributed by atoms with Gasteiger partial charge in [0.2, 0.25) is 0 Å². The predicted molar refractivity (Wildman–Crippen MR) is 133 cm³/mol. The van der Waals surface area contributed by atoms with Crippen molar-refractivity contribution in [3.63, 3.8) is 0 Å². The fourth-order valence-corrected chi connectivity index (χ4v) is 4.55. The lowest BCUT2D eigenvalue weighted by molar-refractivity contribution is 0.0931. The maximum absolute atomic E-state index is 13.5. The van der Waals surface area contributed by atoms with Crippen LogP contribution in [0.2, 0.25) is 0 Å². The Kier molecular flexibility index (Phi) is 7.82. The van der Waals surface area contributed by atoms with Gasteiger partial charge in [0.05, 0.1) is 34.7 Å². The zero-order valence-electron chi connectivity index (χ0n) is 20.7. The number of hydrogen-bond acceptors (Lipinski definition) is 7. The molecule has 4 rings (SSSR count). The van der Waals surface area contributed by atoms with Crippen molar-refractivity contribution in [2.24, 2.45) is 0 Å². The third-order valence-electron chi connectivity index (χ3n) is 6.41. The molecule has 8 nitrogen and oxygen atoms in total. The van der Waals surface area contributed by atoms with E-state index < -0.39 is 0 Å². The number of ether oxygens (including phenoxy) is 4. The highest BCUT2D eigenvalue weighted by Crippen LogP contribution is 2.35. The van der Waals surface area contributed by atoms with Gasteiger partial charge < -0.3 is 28.3 Å². The second-order valence-corrected chi connectivity index (χ2v) is 8.38. The molecule has 0 unspecified atom stereocenters. The van der Waals surface area contributed by atoms with E-state index in [0.717, 1.165) is 55.2 Å². The van der Waals surface area contributed by atoms with Crippen molar-refractivity contribution in [3.8, 4) is 23.0 Å². The molecule has 1 aliphatic rings. The maximum atomic E-state index is 13.5. The van der Waals surface area contributed by atoms with Gasteiger partial charge in [-0.25, -0.2) is 0 Å². The first-order chi connectivity index (χ1) is 17.1. The molecule has 8 heteroatoms. The molecule has 0 radical (unpaired) electrons. The van der Waals surface area contributed by atoms with Gasteiger partial charge in [-0.2, -0.15) is 0 Å². The van der Waals surface area contributed by atoms with E-state index in [1.165, 1.54) is 6.26 Å². The largest absolute Gasteiger partial charge is 0.497 e. The first-order valence-electron chi connectivity index (χ1n) is 11.6. The zero-order chi connectivity index (χ0) is 24.8. The minimum absolute atomic E-state index is 0.0136. The summed E-state index contributed by atoms with van der Waals surface area (Å²) in [6.45, 7) is 2.45. The van der Waals surface area contributed by atoms with Crippen molar-refractivity contribution < 1.29 is 28.2 Å². The lowest BCUT2D eigenvalue weighted by Crippen LogP contribution is -2.47. The van der Waals surface area contributed by atoms with Crippen molar-refractivity contribution >= 4 is 11.6 Å². The molecule has 2 aromatic carbocycles. The molecule has 0 spiro atoms. The second kappa shape index (κ2) is 11.2. The van der Waals surface area contributed by atoms with Crippen molar-refractivity contribution in [3.05, 3.63) is 66.1 Å². The average Bonchev–Trinajstić information content (AvgIpc) is 3.45. The number of piperidine rings is 1. The van der Waals surface area contributed by atoms with Gasteiger partial charge in [0.25, 0.3) is 5.91 Å². The number of likely N-dealkylation sites (tertiary alicyclic amines) is 1. The van der Waals surface area contributed by atoms with Crippen molar-refractivity contribution in [1.82, 2.24) is 4.90 Å². The number of hydrogen-bond donors (Lipinski definition) is 0. The van der Waals surface area contributed by atoms with E-state index in [0.29, 0.717) is 17.3 Å². The molecule has 0 aliphatic carbocycles. The molecule has 0 saturated carbocycles. The quantitative estimate of drug-likeness (QED) is 0.442. The van der Waals surface area contributed by atoms with Gasteiger partial charge >= 0.3 is 0 Å². The fraction of sp³-hybridized carbons (Fsp3) is 0.370. The molecule has 3 aromatic rings. The van der Waals surface area contributed by atoms with Gasteiger partial charge in [-0.1, -0.05) is 6.07 Å². The highest BCUT2D eigenvalue weighted by atomic mass is 16.5. The number of rotatable bonds is 9. The van der Waals surface area contributed by atoms with Crippen LogP contribution in [0, 0.1) is 0 Å². The Bertz CT molecular complexity index is 1120. The first kappa shape index (κ1) is 24.5. The van der Waals surface area contributed by atoms with E-state index in [1.54, 1.807) is 40.6 Å². The molecule has 0 bridgehead atoms. The topological polar surface area (TPSA) is 73.6 Å². The molecule has 1 aliphatic heterocycles. The standard InChI is InChI=1S/C27H32N2O6/c1-31-22-9-7-19(25(17-22)33-3)18-28-13-11-20(12-14-28)29(27(30)24-6-5-15-35-24)21-8-10-23(32-2)26(16-21)34-4/h5-10,15-17,20H,11-14,18H2,1-4H3. The molecule has 0 atom stereocenters. The number of furan rings is 1. The summed E-state index contributed by atoms with van der Waals surface area (Å²) in [7, 11) is 6.50. The van der Waals surface area contributed by atoms with E-state index in [4.69, 9.17) is 23.4 Å². The van der Waals surface area contributed by atoms with Crippen LogP contribution in [-0.4, -0.2) is 58.4 Å². The van der Waals surface area contributed by atoms with Crippen LogP contribution in [-0.2, 0) is 6.54 Å². The normalized spacial score (nSPS) is 14.4. The molecule has 1 amide bonds. The number of carbonyl (C=O) groups is 1. The molecular formula is C27H32N2O6. The Morgan fingerprint density at radius 2 is 1.66 bits per heavy atom. The first-order valence-corrected chi connectivity index (χ1v) is 11.6. The van der Waals surface area contributed by atoms with Crippen LogP contribution in [0.5, 0.6) is 23.0 Å². The smallest absolute Gasteiger partial charge is 0.294 e. The van der Waals surface area contributed by atoms with E-state index in [9.17, 15) is 4.79 Å². The van der Waals surface area contributed by atoms with E-state index in [2.05, 4.69) is 4.90 Å². The van der Waals surface area contributed by atoms with Crippen molar-refractivity contribution in [1.29, 1.82) is 0 Å². The van der Waals surface area contributed by atoms with Gasteiger partial charge in [0, 0.05) is 49.1 Å².